The summed E-state index contributed by atoms with van der Waals surface area (Å²) in [6.45, 7) is 0. The summed E-state index contributed by atoms with van der Waals surface area (Å²) < 4.78 is 0. The minimum atomic E-state index is -0.744. The zero-order valence-corrected chi connectivity index (χ0v) is 10.1. The predicted molar refractivity (Wildman–Crippen MR) is 67.8 cm³/mol. The Morgan fingerprint density at radius 1 is 1.20 bits per heavy atom. The number of anilines is 1. The summed E-state index contributed by atoms with van der Waals surface area (Å²) in [5, 5.41) is 22.3. The van der Waals surface area contributed by atoms with Crippen molar-refractivity contribution in [3.05, 3.63) is 44.1 Å². The topological polar surface area (TPSA) is 119 Å². The van der Waals surface area contributed by atoms with Crippen molar-refractivity contribution in [1.82, 2.24) is 4.98 Å². The molecule has 100 valence electrons. The molecule has 1 aromatic heterocycles. The molecule has 1 aliphatic rings. The van der Waals surface area contributed by atoms with Crippen LogP contribution in [-0.4, -0.2) is 27.8 Å². The van der Waals surface area contributed by atoms with Gasteiger partial charge in [-0.15, -0.1) is 0 Å². The van der Waals surface area contributed by atoms with E-state index in [0.717, 1.165) is 11.0 Å². The molecule has 9 heteroatoms. The van der Waals surface area contributed by atoms with Crippen LogP contribution in [-0.2, 0) is 0 Å². The van der Waals surface area contributed by atoms with Gasteiger partial charge in [0.05, 0.1) is 26.9 Å². The maximum atomic E-state index is 12.0. The van der Waals surface area contributed by atoms with E-state index in [9.17, 15) is 25.0 Å². The van der Waals surface area contributed by atoms with Gasteiger partial charge in [-0.05, 0) is 6.07 Å². The Morgan fingerprint density at radius 3 is 2.45 bits per heavy atom. The third-order valence-electron chi connectivity index (χ3n) is 3.21. The predicted octanol–water partition coefficient (Wildman–Crippen LogP) is 1.64. The molecule has 0 fully saturated rings. The highest BCUT2D eigenvalue weighted by Gasteiger charge is 2.38. The summed E-state index contributed by atoms with van der Waals surface area (Å²) in [7, 11) is 1.38. The number of rotatable bonds is 2. The van der Waals surface area contributed by atoms with Crippen molar-refractivity contribution in [3.8, 4) is 0 Å². The van der Waals surface area contributed by atoms with Crippen LogP contribution in [0.5, 0.6) is 0 Å². The highest BCUT2D eigenvalue weighted by Crippen LogP contribution is 2.45. The number of hydrogen-bond donors (Lipinski definition) is 0. The lowest BCUT2D eigenvalue weighted by atomic mass is 10.1. The van der Waals surface area contributed by atoms with Gasteiger partial charge in [-0.3, -0.25) is 25.0 Å². The fraction of sp³-hybridized carbons (Fsp3) is 0.0909. The number of carbonyl (C=O) groups is 1. The molecule has 0 spiro atoms. The van der Waals surface area contributed by atoms with E-state index in [0.29, 0.717) is 0 Å². The summed E-state index contributed by atoms with van der Waals surface area (Å²) in [4.78, 5) is 37.7. The fourth-order valence-electron chi connectivity index (χ4n) is 2.37. The number of pyridine rings is 1. The minimum absolute atomic E-state index is 0.0224. The average Bonchev–Trinajstić information content (AvgIpc) is 2.66. The van der Waals surface area contributed by atoms with Gasteiger partial charge in [-0.1, -0.05) is 0 Å². The molecule has 0 saturated heterocycles. The third-order valence-corrected chi connectivity index (χ3v) is 3.21. The first kappa shape index (κ1) is 12.0. The van der Waals surface area contributed by atoms with Crippen LogP contribution in [0.15, 0.2) is 18.3 Å². The molecule has 9 nitrogen and oxygen atoms in total. The maximum Gasteiger partial charge on any atom is 0.302 e. The van der Waals surface area contributed by atoms with Crippen LogP contribution in [0.2, 0.25) is 0 Å². The van der Waals surface area contributed by atoms with E-state index in [1.54, 1.807) is 0 Å². The number of nitro benzene ring substituents is 2. The number of hydrogen-bond acceptors (Lipinski definition) is 6. The number of nitrogens with zero attached hydrogens (tertiary/aromatic N) is 4. The first-order valence-corrected chi connectivity index (χ1v) is 5.46. The Hall–Kier alpha value is -3.10. The number of nitro groups is 2. The van der Waals surface area contributed by atoms with E-state index in [4.69, 9.17) is 0 Å². The molecule has 2 heterocycles. The molecule has 0 unspecified atom stereocenters. The van der Waals surface area contributed by atoms with Gasteiger partial charge < -0.3 is 4.90 Å². The van der Waals surface area contributed by atoms with E-state index < -0.39 is 27.1 Å². The monoisotopic (exact) mass is 274 g/mol. The van der Waals surface area contributed by atoms with Gasteiger partial charge in [0.25, 0.3) is 5.91 Å². The maximum absolute atomic E-state index is 12.0. The lowest BCUT2D eigenvalue weighted by molar-refractivity contribution is -0.392. The standard InChI is InChI=1S/C11H6N4O5/c1-13-10-7(15(19)20)4-6(14(17)18)9-8(10)5(11(13)16)2-3-12-9/h2-4H,1H3. The second-order valence-electron chi connectivity index (χ2n) is 4.22. The average molecular weight is 274 g/mol. The van der Waals surface area contributed by atoms with Crippen molar-refractivity contribution < 1.29 is 14.6 Å². The van der Waals surface area contributed by atoms with Crippen LogP contribution in [0.4, 0.5) is 17.1 Å². The molecule has 0 aliphatic carbocycles. The molecule has 0 atom stereocenters. The molecule has 1 aromatic carbocycles. The minimum Gasteiger partial charge on any atom is -0.305 e. The summed E-state index contributed by atoms with van der Waals surface area (Å²) in [5.74, 6) is -0.448. The number of benzene rings is 1. The molecule has 0 saturated carbocycles. The third kappa shape index (κ3) is 1.31. The first-order valence-electron chi connectivity index (χ1n) is 5.46. The molecule has 3 rings (SSSR count). The molecule has 20 heavy (non-hydrogen) atoms. The Morgan fingerprint density at radius 2 is 1.85 bits per heavy atom. The number of carbonyl (C=O) groups excluding carboxylic acids is 1. The number of amides is 1. The van der Waals surface area contributed by atoms with Gasteiger partial charge in [-0.25, -0.2) is 4.98 Å². The lowest BCUT2D eigenvalue weighted by Crippen LogP contribution is -2.21. The van der Waals surface area contributed by atoms with E-state index >= 15 is 0 Å². The zero-order chi connectivity index (χ0) is 14.6. The van der Waals surface area contributed by atoms with Gasteiger partial charge >= 0.3 is 11.4 Å². The van der Waals surface area contributed by atoms with Crippen LogP contribution in [0.25, 0.3) is 10.9 Å². The molecule has 1 aliphatic heterocycles. The summed E-state index contributed by atoms with van der Waals surface area (Å²) in [5.41, 5.74) is -0.763. The lowest BCUT2D eigenvalue weighted by Gasteiger charge is -2.10. The zero-order valence-electron chi connectivity index (χ0n) is 10.1. The van der Waals surface area contributed by atoms with Crippen molar-refractivity contribution in [2.24, 2.45) is 0 Å². The van der Waals surface area contributed by atoms with E-state index in [1.165, 1.54) is 19.3 Å². The Labute approximate surface area is 110 Å². The van der Waals surface area contributed by atoms with Crippen LogP contribution in [0.1, 0.15) is 10.4 Å². The molecular weight excluding hydrogens is 268 g/mol. The quantitative estimate of drug-likeness (QED) is 0.606. The van der Waals surface area contributed by atoms with Crippen molar-refractivity contribution in [2.75, 3.05) is 11.9 Å². The Bertz CT molecular complexity index is 816. The highest BCUT2D eigenvalue weighted by atomic mass is 16.6. The van der Waals surface area contributed by atoms with Gasteiger partial charge in [0.1, 0.15) is 5.69 Å². The molecule has 1 amide bonds. The van der Waals surface area contributed by atoms with Crippen molar-refractivity contribution in [2.45, 2.75) is 0 Å². The second kappa shape index (κ2) is 3.70. The first-order chi connectivity index (χ1) is 9.43. The summed E-state index contributed by atoms with van der Waals surface area (Å²) >= 11 is 0. The molecular formula is C11H6N4O5. The Kier molecular flexibility index (Phi) is 2.21. The molecule has 0 radical (unpaired) electrons. The largest absolute Gasteiger partial charge is 0.305 e. The van der Waals surface area contributed by atoms with Crippen molar-refractivity contribution in [1.29, 1.82) is 0 Å². The van der Waals surface area contributed by atoms with Gasteiger partial charge in [0.2, 0.25) is 0 Å². The van der Waals surface area contributed by atoms with Crippen LogP contribution in [0, 0.1) is 20.2 Å². The second-order valence-corrected chi connectivity index (χ2v) is 4.22. The molecule has 0 bridgehead atoms. The normalized spacial score (nSPS) is 13.1. The van der Waals surface area contributed by atoms with Gasteiger partial charge in [0, 0.05) is 13.2 Å². The summed E-state index contributed by atoms with van der Waals surface area (Å²) in [6.07, 6.45) is 1.28. The van der Waals surface area contributed by atoms with E-state index in [-0.39, 0.29) is 22.2 Å². The number of non-ortho nitro benzene ring substituents is 1. The van der Waals surface area contributed by atoms with Gasteiger partial charge in [-0.2, -0.15) is 0 Å². The van der Waals surface area contributed by atoms with Crippen LogP contribution in [0.3, 0.4) is 0 Å². The smallest absolute Gasteiger partial charge is 0.302 e. The van der Waals surface area contributed by atoms with Crippen LogP contribution < -0.4 is 4.90 Å². The fourth-order valence-corrected chi connectivity index (χ4v) is 2.37. The van der Waals surface area contributed by atoms with Crippen LogP contribution >= 0.6 is 0 Å². The van der Waals surface area contributed by atoms with E-state index in [1.807, 2.05) is 0 Å². The molecule has 0 N–H and O–H groups in total. The Balaban J connectivity index is 2.57. The van der Waals surface area contributed by atoms with Gasteiger partial charge in [0.15, 0.2) is 5.52 Å². The SMILES string of the molecule is CN1C(=O)c2ccnc3c([N+](=O)[O-])cc([N+](=O)[O-])c1c23. The number of aromatic nitrogens is 1. The van der Waals surface area contributed by atoms with Crippen molar-refractivity contribution in [3.63, 3.8) is 0 Å². The van der Waals surface area contributed by atoms with Crippen molar-refractivity contribution >= 4 is 33.9 Å². The van der Waals surface area contributed by atoms with E-state index in [2.05, 4.69) is 4.98 Å². The highest BCUT2D eigenvalue weighted by molar-refractivity contribution is 6.27. The summed E-state index contributed by atoms with van der Waals surface area (Å²) in [6, 6.07) is 2.23. The molecule has 2 aromatic rings.